The highest BCUT2D eigenvalue weighted by molar-refractivity contribution is 7.17. The summed E-state index contributed by atoms with van der Waals surface area (Å²) in [6.45, 7) is 2.82. The van der Waals surface area contributed by atoms with Gasteiger partial charge in [0.1, 0.15) is 5.69 Å². The molecule has 1 aliphatic rings. The number of rotatable bonds is 4. The van der Waals surface area contributed by atoms with E-state index in [1.165, 1.54) is 23.1 Å². The molecule has 1 amide bonds. The van der Waals surface area contributed by atoms with Crippen molar-refractivity contribution < 1.29 is 4.79 Å². The molecule has 0 aromatic carbocycles. The van der Waals surface area contributed by atoms with Crippen LogP contribution in [0.15, 0.2) is 29.8 Å². The Hall–Kier alpha value is -2.08. The Labute approximate surface area is 138 Å². The molecule has 3 heterocycles. The number of nitrogens with zero attached hydrogens (tertiary/aromatic N) is 3. The van der Waals surface area contributed by atoms with E-state index in [1.807, 2.05) is 29.9 Å². The topological polar surface area (TPSA) is 51.9 Å². The molecular formula is C17H20N4OS. The molecular weight excluding hydrogens is 308 g/mol. The van der Waals surface area contributed by atoms with Gasteiger partial charge in [0.05, 0.1) is 10.2 Å². The number of amides is 1. The molecule has 1 aliphatic carbocycles. The van der Waals surface area contributed by atoms with Crippen molar-refractivity contribution in [3.8, 4) is 0 Å². The van der Waals surface area contributed by atoms with E-state index >= 15 is 0 Å². The van der Waals surface area contributed by atoms with Crippen LogP contribution in [0.25, 0.3) is 10.2 Å². The van der Waals surface area contributed by atoms with Crippen molar-refractivity contribution in [1.82, 2.24) is 14.3 Å². The second-order valence-corrected chi connectivity index (χ2v) is 6.97. The molecule has 1 saturated carbocycles. The summed E-state index contributed by atoms with van der Waals surface area (Å²) < 4.78 is 5.23. The molecule has 0 saturated heterocycles. The largest absolute Gasteiger partial charge is 0.333 e. The van der Waals surface area contributed by atoms with Crippen LogP contribution in [0.4, 0.5) is 5.82 Å². The summed E-state index contributed by atoms with van der Waals surface area (Å²) in [4.78, 5) is 12.8. The van der Waals surface area contributed by atoms with Crippen molar-refractivity contribution in [3.63, 3.8) is 0 Å². The lowest BCUT2D eigenvalue weighted by Gasteiger charge is -2.16. The van der Waals surface area contributed by atoms with E-state index in [1.54, 1.807) is 11.3 Å². The minimum absolute atomic E-state index is 0.0679. The standard InChI is InChI=1S/C17H20N4OS/c1-2-20-9-7-16(19-20)18-17(22)14-11-15-13(8-10-23-15)21(14)12-5-3-4-6-12/h7-12H,2-6H2,1H3,(H,18,19,22). The normalized spacial score (nSPS) is 15.5. The summed E-state index contributed by atoms with van der Waals surface area (Å²) in [5.74, 6) is 0.543. The molecule has 1 fully saturated rings. The van der Waals surface area contributed by atoms with Gasteiger partial charge >= 0.3 is 0 Å². The minimum atomic E-state index is -0.0679. The van der Waals surface area contributed by atoms with E-state index in [2.05, 4.69) is 26.4 Å². The summed E-state index contributed by atoms with van der Waals surface area (Å²) in [6, 6.07) is 6.42. The predicted molar refractivity (Wildman–Crippen MR) is 93.2 cm³/mol. The highest BCUT2D eigenvalue weighted by atomic mass is 32.1. The summed E-state index contributed by atoms with van der Waals surface area (Å²) in [6.07, 6.45) is 6.69. The second-order valence-electron chi connectivity index (χ2n) is 6.02. The number of hydrogen-bond acceptors (Lipinski definition) is 3. The average molecular weight is 328 g/mol. The summed E-state index contributed by atoms with van der Waals surface area (Å²) in [7, 11) is 0. The van der Waals surface area contributed by atoms with Crippen molar-refractivity contribution >= 4 is 33.3 Å². The molecule has 3 aromatic rings. The van der Waals surface area contributed by atoms with Gasteiger partial charge in [-0.15, -0.1) is 11.3 Å². The van der Waals surface area contributed by atoms with Gasteiger partial charge in [-0.1, -0.05) is 12.8 Å². The zero-order valence-electron chi connectivity index (χ0n) is 13.2. The number of aromatic nitrogens is 3. The summed E-state index contributed by atoms with van der Waals surface area (Å²) >= 11 is 1.69. The number of fused-ring (bicyclic) bond motifs is 1. The first-order valence-electron chi connectivity index (χ1n) is 8.19. The number of thiophene rings is 1. The van der Waals surface area contributed by atoms with Crippen molar-refractivity contribution in [3.05, 3.63) is 35.5 Å². The number of carbonyl (C=O) groups is 1. The van der Waals surface area contributed by atoms with Crippen LogP contribution in [-0.2, 0) is 6.54 Å². The molecule has 3 aromatic heterocycles. The highest BCUT2D eigenvalue weighted by Crippen LogP contribution is 2.36. The fourth-order valence-corrected chi connectivity index (χ4v) is 4.27. The maximum absolute atomic E-state index is 12.8. The Bertz CT molecular complexity index is 838. The fourth-order valence-electron chi connectivity index (χ4n) is 3.46. The van der Waals surface area contributed by atoms with E-state index in [0.29, 0.717) is 11.9 Å². The van der Waals surface area contributed by atoms with Gasteiger partial charge in [0, 0.05) is 24.8 Å². The van der Waals surface area contributed by atoms with Gasteiger partial charge in [-0.2, -0.15) is 5.10 Å². The molecule has 0 atom stereocenters. The lowest BCUT2D eigenvalue weighted by atomic mass is 10.2. The third kappa shape index (κ3) is 2.57. The number of hydrogen-bond donors (Lipinski definition) is 1. The van der Waals surface area contributed by atoms with Crippen LogP contribution in [0.2, 0.25) is 0 Å². The quantitative estimate of drug-likeness (QED) is 0.777. The second kappa shape index (κ2) is 5.85. The molecule has 120 valence electrons. The Balaban J connectivity index is 1.68. The SMILES string of the molecule is CCn1ccc(NC(=O)c2cc3sccc3n2C2CCCC2)n1. The van der Waals surface area contributed by atoms with Gasteiger partial charge in [-0.3, -0.25) is 9.48 Å². The van der Waals surface area contributed by atoms with Crippen molar-refractivity contribution in [2.75, 3.05) is 5.32 Å². The first-order valence-corrected chi connectivity index (χ1v) is 9.07. The van der Waals surface area contributed by atoms with Crippen LogP contribution in [0.5, 0.6) is 0 Å². The highest BCUT2D eigenvalue weighted by Gasteiger charge is 2.25. The molecule has 6 heteroatoms. The first-order chi connectivity index (χ1) is 11.3. The monoisotopic (exact) mass is 328 g/mol. The molecule has 4 rings (SSSR count). The van der Waals surface area contributed by atoms with Crippen LogP contribution in [0.1, 0.15) is 49.1 Å². The molecule has 0 bridgehead atoms. The van der Waals surface area contributed by atoms with E-state index in [-0.39, 0.29) is 5.91 Å². The van der Waals surface area contributed by atoms with Crippen LogP contribution < -0.4 is 5.32 Å². The van der Waals surface area contributed by atoms with Crippen molar-refractivity contribution in [1.29, 1.82) is 0 Å². The van der Waals surface area contributed by atoms with Crippen LogP contribution in [-0.4, -0.2) is 20.3 Å². The Morgan fingerprint density at radius 1 is 1.39 bits per heavy atom. The molecule has 0 aliphatic heterocycles. The maximum Gasteiger partial charge on any atom is 0.273 e. The Morgan fingerprint density at radius 2 is 2.22 bits per heavy atom. The van der Waals surface area contributed by atoms with Gasteiger partial charge in [-0.05, 0) is 37.3 Å². The first kappa shape index (κ1) is 14.5. The third-order valence-electron chi connectivity index (χ3n) is 4.59. The number of carbonyl (C=O) groups excluding carboxylic acids is 1. The van der Waals surface area contributed by atoms with Crippen LogP contribution in [0.3, 0.4) is 0 Å². The Morgan fingerprint density at radius 3 is 2.96 bits per heavy atom. The third-order valence-corrected chi connectivity index (χ3v) is 5.44. The van der Waals surface area contributed by atoms with Gasteiger partial charge in [0.25, 0.3) is 5.91 Å². The zero-order valence-corrected chi connectivity index (χ0v) is 14.0. The molecule has 0 spiro atoms. The van der Waals surface area contributed by atoms with Gasteiger partial charge in [-0.25, -0.2) is 0 Å². The molecule has 23 heavy (non-hydrogen) atoms. The minimum Gasteiger partial charge on any atom is -0.333 e. The summed E-state index contributed by atoms with van der Waals surface area (Å²) in [5.41, 5.74) is 1.94. The fraction of sp³-hybridized carbons (Fsp3) is 0.412. The molecule has 5 nitrogen and oxygen atoms in total. The van der Waals surface area contributed by atoms with Gasteiger partial charge in [0.2, 0.25) is 0 Å². The number of anilines is 1. The van der Waals surface area contributed by atoms with Crippen LogP contribution in [0, 0.1) is 0 Å². The Kier molecular flexibility index (Phi) is 3.69. The number of aryl methyl sites for hydroxylation is 1. The predicted octanol–water partition coefficient (Wildman–Crippen LogP) is 4.29. The average Bonchev–Trinajstić information content (AvgIpc) is 3.30. The van der Waals surface area contributed by atoms with E-state index in [4.69, 9.17) is 0 Å². The summed E-state index contributed by atoms with van der Waals surface area (Å²) in [5, 5.41) is 9.38. The lowest BCUT2D eigenvalue weighted by Crippen LogP contribution is -2.19. The van der Waals surface area contributed by atoms with Gasteiger partial charge < -0.3 is 9.88 Å². The van der Waals surface area contributed by atoms with E-state index in [0.717, 1.165) is 25.1 Å². The van der Waals surface area contributed by atoms with E-state index in [9.17, 15) is 4.79 Å². The molecule has 0 unspecified atom stereocenters. The smallest absolute Gasteiger partial charge is 0.273 e. The number of nitrogens with one attached hydrogen (secondary N) is 1. The molecule has 0 radical (unpaired) electrons. The van der Waals surface area contributed by atoms with Crippen LogP contribution >= 0.6 is 11.3 Å². The van der Waals surface area contributed by atoms with E-state index < -0.39 is 0 Å². The van der Waals surface area contributed by atoms with Crippen molar-refractivity contribution in [2.45, 2.75) is 45.2 Å². The zero-order chi connectivity index (χ0) is 15.8. The maximum atomic E-state index is 12.8. The van der Waals surface area contributed by atoms with Crippen molar-refractivity contribution in [2.24, 2.45) is 0 Å². The van der Waals surface area contributed by atoms with Gasteiger partial charge in [0.15, 0.2) is 5.82 Å². The lowest BCUT2D eigenvalue weighted by molar-refractivity contribution is 0.101. The molecule has 1 N–H and O–H groups in total.